The third-order valence-corrected chi connectivity index (χ3v) is 3.27. The van der Waals surface area contributed by atoms with Crippen LogP contribution in [0.4, 0.5) is 4.79 Å². The smallest absolute Gasteiger partial charge is 0.430 e. The molecule has 1 rings (SSSR count). The summed E-state index contributed by atoms with van der Waals surface area (Å²) in [5.74, 6) is 0.427. The quantitative estimate of drug-likeness (QED) is 0.428. The van der Waals surface area contributed by atoms with Gasteiger partial charge in [-0.1, -0.05) is 19.3 Å². The van der Waals surface area contributed by atoms with Crippen LogP contribution in [0.1, 0.15) is 59.8 Å². The highest BCUT2D eigenvalue weighted by Gasteiger charge is 2.33. The fourth-order valence-corrected chi connectivity index (χ4v) is 2.21. The molecule has 1 aliphatic rings. The second-order valence-electron chi connectivity index (χ2n) is 5.59. The minimum Gasteiger partial charge on any atom is -0.430 e. The van der Waals surface area contributed by atoms with Crippen molar-refractivity contribution in [2.45, 2.75) is 71.5 Å². The van der Waals surface area contributed by atoms with Crippen LogP contribution in [0.15, 0.2) is 0 Å². The van der Waals surface area contributed by atoms with E-state index in [1.807, 2.05) is 13.8 Å². The highest BCUT2D eigenvalue weighted by molar-refractivity contribution is 5.59. The number of hydrogen-bond acceptors (Lipinski definition) is 5. The standard InChI is InChI=1S/C13H24O5/c1-10(2)15-12(14)16-18-17-13(3,4)11-8-6-5-7-9-11/h10-11H,5-9H2,1-4H3. The molecule has 0 spiro atoms. The Hall–Kier alpha value is -0.810. The minimum atomic E-state index is -0.885. The highest BCUT2D eigenvalue weighted by Crippen LogP contribution is 2.34. The van der Waals surface area contributed by atoms with Crippen LogP contribution >= 0.6 is 0 Å². The van der Waals surface area contributed by atoms with Gasteiger partial charge in [0.25, 0.3) is 0 Å². The van der Waals surface area contributed by atoms with Crippen molar-refractivity contribution in [1.82, 2.24) is 0 Å². The number of rotatable bonds is 5. The van der Waals surface area contributed by atoms with E-state index in [1.165, 1.54) is 19.3 Å². The Morgan fingerprint density at radius 1 is 1.17 bits per heavy atom. The van der Waals surface area contributed by atoms with Gasteiger partial charge in [-0.2, -0.15) is 4.89 Å². The molecule has 0 unspecified atom stereocenters. The molecule has 106 valence electrons. The molecule has 0 saturated heterocycles. The van der Waals surface area contributed by atoms with E-state index in [9.17, 15) is 4.79 Å². The van der Waals surface area contributed by atoms with E-state index in [0.29, 0.717) is 5.92 Å². The maximum absolute atomic E-state index is 11.1. The lowest BCUT2D eigenvalue weighted by atomic mass is 9.79. The fourth-order valence-electron chi connectivity index (χ4n) is 2.21. The predicted octanol–water partition coefficient (Wildman–Crippen LogP) is 3.77. The Balaban J connectivity index is 2.26. The van der Waals surface area contributed by atoms with Gasteiger partial charge < -0.3 is 4.74 Å². The second kappa shape index (κ2) is 6.95. The zero-order chi connectivity index (χ0) is 13.6. The van der Waals surface area contributed by atoms with Gasteiger partial charge in [-0.3, -0.25) is 0 Å². The first-order chi connectivity index (χ1) is 8.42. The van der Waals surface area contributed by atoms with E-state index in [-0.39, 0.29) is 6.10 Å². The van der Waals surface area contributed by atoms with E-state index >= 15 is 0 Å². The Morgan fingerprint density at radius 3 is 2.33 bits per heavy atom. The van der Waals surface area contributed by atoms with Gasteiger partial charge in [-0.15, -0.1) is 0 Å². The third-order valence-electron chi connectivity index (χ3n) is 3.27. The van der Waals surface area contributed by atoms with Crippen LogP contribution in [0.3, 0.4) is 0 Å². The summed E-state index contributed by atoms with van der Waals surface area (Å²) in [7, 11) is 0. The topological polar surface area (TPSA) is 54.0 Å². The van der Waals surface area contributed by atoms with E-state index in [1.54, 1.807) is 13.8 Å². The van der Waals surface area contributed by atoms with Crippen molar-refractivity contribution in [2.24, 2.45) is 5.92 Å². The Labute approximate surface area is 109 Å². The van der Waals surface area contributed by atoms with Crippen molar-refractivity contribution >= 4 is 6.16 Å². The van der Waals surface area contributed by atoms with Gasteiger partial charge in [0.05, 0.1) is 6.10 Å². The van der Waals surface area contributed by atoms with Crippen LogP contribution in [0.5, 0.6) is 0 Å². The fraction of sp³-hybridized carbons (Fsp3) is 0.923. The van der Waals surface area contributed by atoms with Crippen LogP contribution in [-0.2, 0) is 19.6 Å². The zero-order valence-corrected chi connectivity index (χ0v) is 11.7. The van der Waals surface area contributed by atoms with Gasteiger partial charge in [0.1, 0.15) is 5.60 Å². The van der Waals surface area contributed by atoms with Gasteiger partial charge in [0.15, 0.2) is 0 Å². The van der Waals surface area contributed by atoms with Gasteiger partial charge in [0, 0.05) is 0 Å². The summed E-state index contributed by atoms with van der Waals surface area (Å²) in [5.41, 5.74) is -0.460. The molecule has 0 N–H and O–H groups in total. The molecule has 5 heteroatoms. The summed E-state index contributed by atoms with van der Waals surface area (Å²) >= 11 is 0. The Morgan fingerprint density at radius 2 is 1.78 bits per heavy atom. The van der Waals surface area contributed by atoms with Crippen molar-refractivity contribution in [3.8, 4) is 0 Å². The highest BCUT2D eigenvalue weighted by atomic mass is 17.5. The summed E-state index contributed by atoms with van der Waals surface area (Å²) in [6.45, 7) is 7.35. The number of carbonyl (C=O) groups is 1. The molecule has 1 saturated carbocycles. The lowest BCUT2D eigenvalue weighted by molar-refractivity contribution is -0.522. The molecule has 0 aromatic rings. The second-order valence-corrected chi connectivity index (χ2v) is 5.59. The molecule has 0 aromatic heterocycles. The lowest BCUT2D eigenvalue weighted by Crippen LogP contribution is -2.36. The van der Waals surface area contributed by atoms with Crippen molar-refractivity contribution in [2.75, 3.05) is 0 Å². The van der Waals surface area contributed by atoms with E-state index in [2.05, 4.69) is 9.93 Å². The molecule has 0 amide bonds. The van der Waals surface area contributed by atoms with E-state index in [4.69, 9.17) is 9.62 Å². The lowest BCUT2D eigenvalue weighted by Gasteiger charge is -2.34. The number of ether oxygens (including phenoxy) is 1. The predicted molar refractivity (Wildman–Crippen MR) is 65.5 cm³/mol. The first-order valence-electron chi connectivity index (χ1n) is 6.65. The molecule has 0 bridgehead atoms. The molecule has 1 fully saturated rings. The van der Waals surface area contributed by atoms with Gasteiger partial charge in [0.2, 0.25) is 0 Å². The van der Waals surface area contributed by atoms with E-state index in [0.717, 1.165) is 12.8 Å². The molecular weight excluding hydrogens is 236 g/mol. The largest absolute Gasteiger partial charge is 0.542 e. The molecule has 1 aliphatic carbocycles. The normalized spacial score (nSPS) is 17.8. The molecular formula is C13H24O5. The first-order valence-corrected chi connectivity index (χ1v) is 6.65. The van der Waals surface area contributed by atoms with Crippen LogP contribution in [0, 0.1) is 5.92 Å². The average molecular weight is 260 g/mol. The first kappa shape index (κ1) is 15.2. The van der Waals surface area contributed by atoms with E-state index < -0.39 is 11.8 Å². The Bertz CT molecular complexity index is 256. The van der Waals surface area contributed by atoms with Gasteiger partial charge in [-0.25, -0.2) is 9.68 Å². The zero-order valence-electron chi connectivity index (χ0n) is 11.7. The maximum atomic E-state index is 11.1. The summed E-state index contributed by atoms with van der Waals surface area (Å²) in [6.07, 6.45) is 4.82. The van der Waals surface area contributed by atoms with Crippen molar-refractivity contribution in [3.05, 3.63) is 0 Å². The van der Waals surface area contributed by atoms with Crippen molar-refractivity contribution in [1.29, 1.82) is 0 Å². The van der Waals surface area contributed by atoms with Crippen LogP contribution < -0.4 is 0 Å². The molecule has 5 nitrogen and oxygen atoms in total. The summed E-state index contributed by atoms with van der Waals surface area (Å²) in [5, 5.41) is 4.54. The van der Waals surface area contributed by atoms with Crippen molar-refractivity contribution in [3.63, 3.8) is 0 Å². The van der Waals surface area contributed by atoms with Gasteiger partial charge >= 0.3 is 6.16 Å². The molecule has 0 heterocycles. The molecule has 0 aliphatic heterocycles. The molecule has 0 radical (unpaired) electrons. The van der Waals surface area contributed by atoms with Gasteiger partial charge in [-0.05, 0) is 51.5 Å². The summed E-state index contributed by atoms with van der Waals surface area (Å²) in [6, 6.07) is 0. The third kappa shape index (κ3) is 5.23. The molecule has 18 heavy (non-hydrogen) atoms. The number of hydrogen-bond donors (Lipinski definition) is 0. The SMILES string of the molecule is CC(C)OC(=O)OOOC(C)(C)C1CCCCC1. The summed E-state index contributed by atoms with van der Waals surface area (Å²) < 4.78 is 4.74. The molecule has 0 atom stereocenters. The molecule has 0 aromatic carbocycles. The summed E-state index contributed by atoms with van der Waals surface area (Å²) in [4.78, 5) is 20.7. The maximum Gasteiger partial charge on any atom is 0.542 e. The van der Waals surface area contributed by atoms with Crippen LogP contribution in [0.2, 0.25) is 0 Å². The average Bonchev–Trinajstić information content (AvgIpc) is 2.29. The number of carbonyl (C=O) groups excluding carboxylic acids is 1. The van der Waals surface area contributed by atoms with Crippen LogP contribution in [0.25, 0.3) is 0 Å². The van der Waals surface area contributed by atoms with Crippen molar-refractivity contribution < 1.29 is 24.3 Å². The van der Waals surface area contributed by atoms with Crippen LogP contribution in [-0.4, -0.2) is 17.9 Å². The monoisotopic (exact) mass is 260 g/mol. The minimum absolute atomic E-state index is 0.243. The Kier molecular flexibility index (Phi) is 5.88.